The summed E-state index contributed by atoms with van der Waals surface area (Å²) in [4.78, 5) is 70.1. The molecule has 0 aromatic rings. The van der Waals surface area contributed by atoms with Crippen molar-refractivity contribution in [1.29, 1.82) is 0 Å². The third kappa shape index (κ3) is 17.7. The number of aldehydes is 1. The highest BCUT2D eigenvalue weighted by Crippen LogP contribution is 2.18. The average molecular weight is 604 g/mol. The zero-order valence-corrected chi connectivity index (χ0v) is 24.5. The molecule has 15 heteroatoms. The summed E-state index contributed by atoms with van der Waals surface area (Å²) in [6.45, 7) is 2.72. The van der Waals surface area contributed by atoms with E-state index in [1.165, 1.54) is 4.90 Å². The zero-order valence-electron chi connectivity index (χ0n) is 23.6. The Balaban J connectivity index is 1.83. The molecule has 0 aliphatic carbocycles. The minimum Gasteiger partial charge on any atom is -0.377 e. The van der Waals surface area contributed by atoms with Gasteiger partial charge in [-0.2, -0.15) is 12.6 Å². The maximum Gasteiger partial charge on any atom is 0.245 e. The summed E-state index contributed by atoms with van der Waals surface area (Å²) in [5, 5.41) is 7.37. The fraction of sp³-hybridized carbons (Fsp3) is 0.769. The standard InChI is InChI=1S/C26H45N5O9S/c27-20(25(36)30-9-12-32)6-3-4-8-28-23(34)19-40-17-16-39-15-14-38-13-10-29-22(33)7-2-1-5-11-31-24(35)18-21(41)26(31)37/h12,20-21,41H,1-11,13-19,27H2,(H,28,34)(H,29,33)(H,30,36). The van der Waals surface area contributed by atoms with Crippen LogP contribution in [0.2, 0.25) is 0 Å². The van der Waals surface area contributed by atoms with E-state index in [1.807, 2.05) is 0 Å². The lowest BCUT2D eigenvalue weighted by molar-refractivity contribution is -0.138. The van der Waals surface area contributed by atoms with Crippen molar-refractivity contribution in [2.45, 2.75) is 62.7 Å². The molecule has 1 fully saturated rings. The molecule has 2 unspecified atom stereocenters. The Bertz CT molecular complexity index is 833. The Hall–Kier alpha value is -2.59. The van der Waals surface area contributed by atoms with Gasteiger partial charge in [-0.05, 0) is 32.1 Å². The van der Waals surface area contributed by atoms with Crippen molar-refractivity contribution in [2.75, 3.05) is 65.8 Å². The Morgan fingerprint density at radius 3 is 2.27 bits per heavy atom. The summed E-state index contributed by atoms with van der Waals surface area (Å²) in [6, 6.07) is -0.676. The third-order valence-corrected chi connectivity index (χ3v) is 6.42. The van der Waals surface area contributed by atoms with Crippen molar-refractivity contribution in [3.05, 3.63) is 0 Å². The first-order chi connectivity index (χ1) is 19.8. The lowest BCUT2D eigenvalue weighted by Gasteiger charge is -2.13. The molecular weight excluding hydrogens is 558 g/mol. The highest BCUT2D eigenvalue weighted by Gasteiger charge is 2.35. The van der Waals surface area contributed by atoms with Gasteiger partial charge in [-0.25, -0.2) is 0 Å². The second-order valence-corrected chi connectivity index (χ2v) is 10.0. The molecule has 14 nitrogen and oxygen atoms in total. The first kappa shape index (κ1) is 36.4. The molecular formula is C26H45N5O9S. The van der Waals surface area contributed by atoms with Gasteiger partial charge < -0.3 is 40.7 Å². The number of hydrogen-bond donors (Lipinski definition) is 5. The van der Waals surface area contributed by atoms with Gasteiger partial charge in [0.2, 0.25) is 29.5 Å². The summed E-state index contributed by atoms with van der Waals surface area (Å²) >= 11 is 4.09. The topological polar surface area (TPSA) is 195 Å². The zero-order chi connectivity index (χ0) is 30.3. The normalized spacial score (nSPS) is 15.6. The largest absolute Gasteiger partial charge is 0.377 e. The van der Waals surface area contributed by atoms with Crippen LogP contribution in [0.25, 0.3) is 0 Å². The number of likely N-dealkylation sites (tertiary alicyclic amines) is 1. The number of ether oxygens (including phenoxy) is 3. The van der Waals surface area contributed by atoms with E-state index >= 15 is 0 Å². The van der Waals surface area contributed by atoms with Gasteiger partial charge in [0.1, 0.15) is 12.9 Å². The highest BCUT2D eigenvalue weighted by molar-refractivity contribution is 7.81. The molecule has 0 spiro atoms. The Kier molecular flexibility index (Phi) is 20.5. The van der Waals surface area contributed by atoms with Crippen LogP contribution in [0.1, 0.15) is 51.4 Å². The number of rotatable bonds is 25. The SMILES string of the molecule is NC(CCCCNC(=O)COCCOCCOCCNC(=O)CCCCCN1C(=O)CC(S)C1=O)C(=O)NCC=O. The number of nitrogens with two attached hydrogens (primary N) is 1. The van der Waals surface area contributed by atoms with E-state index < -0.39 is 11.3 Å². The molecule has 0 aromatic carbocycles. The van der Waals surface area contributed by atoms with Gasteiger partial charge in [0.15, 0.2) is 0 Å². The molecule has 1 aliphatic heterocycles. The number of thiol groups is 1. The number of hydrogen-bond acceptors (Lipinski definition) is 11. The van der Waals surface area contributed by atoms with Crippen LogP contribution in [0.15, 0.2) is 0 Å². The molecule has 41 heavy (non-hydrogen) atoms. The van der Waals surface area contributed by atoms with Crippen molar-refractivity contribution >= 4 is 48.5 Å². The molecule has 1 heterocycles. The van der Waals surface area contributed by atoms with E-state index in [-0.39, 0.29) is 55.7 Å². The van der Waals surface area contributed by atoms with Crippen molar-refractivity contribution in [3.63, 3.8) is 0 Å². The number of unbranched alkanes of at least 4 members (excludes halogenated alkanes) is 3. The maximum absolute atomic E-state index is 11.9. The van der Waals surface area contributed by atoms with Crippen LogP contribution >= 0.6 is 12.6 Å². The molecule has 0 aromatic heterocycles. The summed E-state index contributed by atoms with van der Waals surface area (Å²) in [5.74, 6) is -1.10. The summed E-state index contributed by atoms with van der Waals surface area (Å²) in [7, 11) is 0. The van der Waals surface area contributed by atoms with E-state index in [0.717, 1.165) is 6.42 Å². The predicted molar refractivity (Wildman–Crippen MR) is 152 cm³/mol. The van der Waals surface area contributed by atoms with Crippen molar-refractivity contribution in [2.24, 2.45) is 5.73 Å². The first-order valence-corrected chi connectivity index (χ1v) is 14.5. The third-order valence-electron chi connectivity index (χ3n) is 6.01. The highest BCUT2D eigenvalue weighted by atomic mass is 32.1. The molecule has 0 radical (unpaired) electrons. The van der Waals surface area contributed by atoms with E-state index in [2.05, 4.69) is 28.6 Å². The van der Waals surface area contributed by atoms with Gasteiger partial charge in [0, 0.05) is 32.5 Å². The van der Waals surface area contributed by atoms with Crippen LogP contribution in [0.5, 0.6) is 0 Å². The first-order valence-electron chi connectivity index (χ1n) is 14.0. The van der Waals surface area contributed by atoms with Crippen LogP contribution < -0.4 is 21.7 Å². The van der Waals surface area contributed by atoms with Gasteiger partial charge >= 0.3 is 0 Å². The van der Waals surface area contributed by atoms with Gasteiger partial charge in [-0.1, -0.05) is 6.42 Å². The van der Waals surface area contributed by atoms with Crippen LogP contribution in [-0.4, -0.2) is 118 Å². The number of imide groups is 1. The Morgan fingerprint density at radius 2 is 1.59 bits per heavy atom. The fourth-order valence-electron chi connectivity index (χ4n) is 3.76. The van der Waals surface area contributed by atoms with Gasteiger partial charge in [-0.15, -0.1) is 0 Å². The predicted octanol–water partition coefficient (Wildman–Crippen LogP) is -1.30. The second-order valence-electron chi connectivity index (χ2n) is 9.41. The summed E-state index contributed by atoms with van der Waals surface area (Å²) in [5.41, 5.74) is 5.72. The van der Waals surface area contributed by atoms with E-state index in [9.17, 15) is 28.8 Å². The van der Waals surface area contributed by atoms with Crippen LogP contribution in [-0.2, 0) is 43.0 Å². The molecule has 0 bridgehead atoms. The minimum atomic E-state index is -0.676. The van der Waals surface area contributed by atoms with Gasteiger partial charge in [0.05, 0.1) is 50.9 Å². The molecule has 2 atom stereocenters. The quantitative estimate of drug-likeness (QED) is 0.0362. The molecule has 0 saturated carbocycles. The van der Waals surface area contributed by atoms with Crippen molar-refractivity contribution in [1.82, 2.24) is 20.9 Å². The molecule has 1 rings (SSSR count). The molecule has 1 saturated heterocycles. The Labute approximate surface area is 246 Å². The minimum absolute atomic E-state index is 0.0543. The van der Waals surface area contributed by atoms with Gasteiger partial charge in [0.25, 0.3) is 0 Å². The molecule has 5 N–H and O–H groups in total. The monoisotopic (exact) mass is 603 g/mol. The van der Waals surface area contributed by atoms with Crippen LogP contribution in [0, 0.1) is 0 Å². The van der Waals surface area contributed by atoms with Crippen LogP contribution in [0.3, 0.4) is 0 Å². The number of nitrogens with zero attached hydrogens (tertiary/aromatic N) is 1. The second kappa shape index (κ2) is 23.0. The van der Waals surface area contributed by atoms with E-state index in [4.69, 9.17) is 19.9 Å². The van der Waals surface area contributed by atoms with E-state index in [1.54, 1.807) is 0 Å². The summed E-state index contributed by atoms with van der Waals surface area (Å²) < 4.78 is 16.0. The number of nitrogens with one attached hydrogen (secondary N) is 3. The van der Waals surface area contributed by atoms with E-state index in [0.29, 0.717) is 90.9 Å². The average Bonchev–Trinajstić information content (AvgIpc) is 3.19. The lowest BCUT2D eigenvalue weighted by Crippen LogP contribution is -2.41. The summed E-state index contributed by atoms with van der Waals surface area (Å²) in [6.07, 6.45) is 4.98. The van der Waals surface area contributed by atoms with Crippen molar-refractivity contribution < 1.29 is 43.0 Å². The number of amides is 5. The smallest absolute Gasteiger partial charge is 0.245 e. The molecule has 5 amide bonds. The maximum atomic E-state index is 11.9. The lowest BCUT2D eigenvalue weighted by atomic mass is 10.1. The van der Waals surface area contributed by atoms with Crippen molar-refractivity contribution in [3.8, 4) is 0 Å². The van der Waals surface area contributed by atoms with Gasteiger partial charge in [-0.3, -0.25) is 28.9 Å². The molecule has 1 aliphatic rings. The molecule has 234 valence electrons. The number of carbonyl (C=O) groups excluding carboxylic acids is 6. The number of carbonyl (C=O) groups is 6. The fourth-order valence-corrected chi connectivity index (χ4v) is 4.06. The van der Waals surface area contributed by atoms with Crippen LogP contribution in [0.4, 0.5) is 0 Å². The Morgan fingerprint density at radius 1 is 0.902 bits per heavy atom.